The number of benzene rings is 2. The van der Waals surface area contributed by atoms with Crippen molar-refractivity contribution in [3.8, 4) is 5.75 Å². The molecule has 0 unspecified atom stereocenters. The van der Waals surface area contributed by atoms with Crippen molar-refractivity contribution in [3.63, 3.8) is 0 Å². The summed E-state index contributed by atoms with van der Waals surface area (Å²) in [5.74, 6) is 1.82. The molecule has 30 heavy (non-hydrogen) atoms. The van der Waals surface area contributed by atoms with Crippen LogP contribution in [0.15, 0.2) is 48.5 Å². The zero-order chi connectivity index (χ0) is 23.4. The molecule has 168 valence electrons. The van der Waals surface area contributed by atoms with Gasteiger partial charge in [-0.2, -0.15) is 0 Å². The standard InChI is InChI=1S/C21H28O.C5H12.CH2O2/c1-7-20(3,4)22-19-14-12-18(13-15-19)21(5,6)17-10-8-16(2)9-11-17;1-4-5(2)3;2-1-3/h8-15H,7H2,1-6H3;5H,4H2,1-3H3;1H,(H,2,3). The molecule has 1 N–H and O–H groups in total. The van der Waals surface area contributed by atoms with Gasteiger partial charge in [0.2, 0.25) is 0 Å². The number of aryl methyl sites for hydroxylation is 1. The molecule has 2 rings (SSSR count). The van der Waals surface area contributed by atoms with E-state index in [0.29, 0.717) is 0 Å². The quantitative estimate of drug-likeness (QED) is 0.494. The molecule has 0 amide bonds. The maximum atomic E-state index is 8.36. The van der Waals surface area contributed by atoms with Crippen LogP contribution in [0.2, 0.25) is 0 Å². The normalized spacial score (nSPS) is 11.0. The summed E-state index contributed by atoms with van der Waals surface area (Å²) >= 11 is 0. The third-order valence-electron chi connectivity index (χ3n) is 5.41. The highest BCUT2D eigenvalue weighted by atomic mass is 16.5. The number of carboxylic acid groups (broad SMARTS) is 1. The molecule has 0 bridgehead atoms. The van der Waals surface area contributed by atoms with E-state index >= 15 is 0 Å². The molecule has 0 heterocycles. The summed E-state index contributed by atoms with van der Waals surface area (Å²) < 4.78 is 6.04. The first-order valence-corrected chi connectivity index (χ1v) is 10.9. The van der Waals surface area contributed by atoms with Crippen molar-refractivity contribution >= 4 is 6.47 Å². The van der Waals surface area contributed by atoms with Crippen LogP contribution in [-0.2, 0) is 10.2 Å². The third kappa shape index (κ3) is 9.96. The van der Waals surface area contributed by atoms with Gasteiger partial charge in [-0.25, -0.2) is 0 Å². The Balaban J connectivity index is 0.000000902. The zero-order valence-electron chi connectivity index (χ0n) is 20.5. The summed E-state index contributed by atoms with van der Waals surface area (Å²) in [6, 6.07) is 17.3. The van der Waals surface area contributed by atoms with Crippen LogP contribution in [0.1, 0.15) is 84.9 Å². The summed E-state index contributed by atoms with van der Waals surface area (Å²) in [7, 11) is 0. The van der Waals surface area contributed by atoms with Gasteiger partial charge in [0, 0.05) is 5.41 Å². The van der Waals surface area contributed by atoms with Gasteiger partial charge < -0.3 is 9.84 Å². The monoisotopic (exact) mass is 414 g/mol. The van der Waals surface area contributed by atoms with E-state index in [0.717, 1.165) is 18.1 Å². The van der Waals surface area contributed by atoms with Gasteiger partial charge in [0.1, 0.15) is 11.4 Å². The molecule has 3 nitrogen and oxygen atoms in total. The van der Waals surface area contributed by atoms with Crippen LogP contribution >= 0.6 is 0 Å². The average Bonchev–Trinajstić information content (AvgIpc) is 2.69. The van der Waals surface area contributed by atoms with Crippen molar-refractivity contribution in [1.82, 2.24) is 0 Å². The fraction of sp³-hybridized carbons (Fsp3) is 0.519. The van der Waals surface area contributed by atoms with Crippen molar-refractivity contribution in [3.05, 3.63) is 65.2 Å². The second-order valence-electron chi connectivity index (χ2n) is 9.14. The fourth-order valence-electron chi connectivity index (χ4n) is 2.47. The average molecular weight is 415 g/mol. The maximum absolute atomic E-state index is 8.36. The summed E-state index contributed by atoms with van der Waals surface area (Å²) in [5.41, 5.74) is 3.81. The van der Waals surface area contributed by atoms with Gasteiger partial charge in [-0.05, 0) is 56.4 Å². The van der Waals surface area contributed by atoms with Crippen molar-refractivity contribution in [2.45, 2.75) is 86.2 Å². The van der Waals surface area contributed by atoms with E-state index in [9.17, 15) is 0 Å². The molecule has 0 fully saturated rings. The lowest BCUT2D eigenvalue weighted by atomic mass is 9.78. The molecule has 2 aromatic rings. The first-order chi connectivity index (χ1) is 13.9. The number of hydrogen-bond donors (Lipinski definition) is 1. The Hall–Kier alpha value is -2.29. The first-order valence-electron chi connectivity index (χ1n) is 10.9. The predicted molar refractivity (Wildman–Crippen MR) is 129 cm³/mol. The van der Waals surface area contributed by atoms with Gasteiger partial charge in [-0.15, -0.1) is 0 Å². The lowest BCUT2D eigenvalue weighted by Crippen LogP contribution is -2.26. The lowest BCUT2D eigenvalue weighted by Gasteiger charge is -2.28. The Morgan fingerprint density at radius 1 is 0.900 bits per heavy atom. The van der Waals surface area contributed by atoms with E-state index in [1.165, 1.54) is 23.1 Å². The Labute approximate surface area is 184 Å². The first kappa shape index (κ1) is 27.7. The molecule has 0 aliphatic heterocycles. The molecular weight excluding hydrogens is 372 g/mol. The van der Waals surface area contributed by atoms with Crippen LogP contribution < -0.4 is 4.74 Å². The summed E-state index contributed by atoms with van der Waals surface area (Å²) in [5, 5.41) is 6.89. The molecule has 0 saturated heterocycles. The van der Waals surface area contributed by atoms with Gasteiger partial charge >= 0.3 is 0 Å². The maximum Gasteiger partial charge on any atom is 0.290 e. The molecule has 0 spiro atoms. The molecule has 0 radical (unpaired) electrons. The minimum atomic E-state index is -0.250. The number of hydrogen-bond acceptors (Lipinski definition) is 2. The number of carbonyl (C=O) groups is 1. The Morgan fingerprint density at radius 3 is 1.60 bits per heavy atom. The van der Waals surface area contributed by atoms with Crippen LogP contribution in [0.4, 0.5) is 0 Å². The molecule has 0 aliphatic carbocycles. The Morgan fingerprint density at radius 2 is 1.27 bits per heavy atom. The molecule has 0 aromatic heterocycles. The van der Waals surface area contributed by atoms with E-state index < -0.39 is 0 Å². The molecular formula is C27H42O3. The van der Waals surface area contributed by atoms with Crippen LogP contribution in [0.25, 0.3) is 0 Å². The van der Waals surface area contributed by atoms with E-state index in [1.807, 2.05) is 0 Å². The van der Waals surface area contributed by atoms with Crippen molar-refractivity contribution in [2.75, 3.05) is 0 Å². The van der Waals surface area contributed by atoms with E-state index in [-0.39, 0.29) is 17.5 Å². The van der Waals surface area contributed by atoms with Crippen LogP contribution in [-0.4, -0.2) is 17.2 Å². The highest BCUT2D eigenvalue weighted by molar-refractivity contribution is 5.40. The Bertz CT molecular complexity index is 711. The van der Waals surface area contributed by atoms with Gasteiger partial charge in [0.25, 0.3) is 6.47 Å². The number of rotatable bonds is 6. The highest BCUT2D eigenvalue weighted by Crippen LogP contribution is 2.33. The molecule has 0 saturated carbocycles. The molecule has 2 aromatic carbocycles. The van der Waals surface area contributed by atoms with Crippen LogP contribution in [0.3, 0.4) is 0 Å². The van der Waals surface area contributed by atoms with Crippen LogP contribution in [0.5, 0.6) is 5.75 Å². The van der Waals surface area contributed by atoms with Gasteiger partial charge in [-0.1, -0.05) is 89.9 Å². The Kier molecular flexibility index (Phi) is 12.1. The third-order valence-corrected chi connectivity index (χ3v) is 5.41. The van der Waals surface area contributed by atoms with Gasteiger partial charge in [0.15, 0.2) is 0 Å². The van der Waals surface area contributed by atoms with Crippen molar-refractivity contribution in [1.29, 1.82) is 0 Å². The second kappa shape index (κ2) is 13.1. The summed E-state index contributed by atoms with van der Waals surface area (Å²) in [6.07, 6.45) is 2.30. The summed E-state index contributed by atoms with van der Waals surface area (Å²) in [6.45, 7) is 19.4. The van der Waals surface area contributed by atoms with Gasteiger partial charge in [-0.3, -0.25) is 4.79 Å². The predicted octanol–water partition coefficient (Wildman–Crippen LogP) is 7.64. The zero-order valence-corrected chi connectivity index (χ0v) is 20.5. The summed E-state index contributed by atoms with van der Waals surface area (Å²) in [4.78, 5) is 8.36. The molecule has 0 aliphatic rings. The lowest BCUT2D eigenvalue weighted by molar-refractivity contribution is -0.122. The minimum absolute atomic E-state index is 0.00744. The highest BCUT2D eigenvalue weighted by Gasteiger charge is 2.23. The van der Waals surface area contributed by atoms with Crippen molar-refractivity contribution < 1.29 is 14.6 Å². The van der Waals surface area contributed by atoms with E-state index in [1.54, 1.807) is 0 Å². The number of ether oxygens (including phenoxy) is 1. The van der Waals surface area contributed by atoms with Crippen LogP contribution in [0, 0.1) is 12.8 Å². The smallest absolute Gasteiger partial charge is 0.290 e. The molecule has 3 heteroatoms. The van der Waals surface area contributed by atoms with Gasteiger partial charge in [0.05, 0.1) is 0 Å². The SMILES string of the molecule is CCC(C)(C)Oc1ccc(C(C)(C)c2ccc(C)cc2)cc1.CCC(C)C.O=CO. The second-order valence-corrected chi connectivity index (χ2v) is 9.14. The largest absolute Gasteiger partial charge is 0.488 e. The topological polar surface area (TPSA) is 46.5 Å². The minimum Gasteiger partial charge on any atom is -0.488 e. The van der Waals surface area contributed by atoms with E-state index in [4.69, 9.17) is 14.6 Å². The molecule has 0 atom stereocenters. The fourth-order valence-corrected chi connectivity index (χ4v) is 2.47. The van der Waals surface area contributed by atoms with Crippen molar-refractivity contribution in [2.24, 2.45) is 5.92 Å². The van der Waals surface area contributed by atoms with E-state index in [2.05, 4.69) is 111 Å².